The number of nitrogens with zero attached hydrogens (tertiary/aromatic N) is 4. The zero-order valence-corrected chi connectivity index (χ0v) is 18.7. The number of benzene rings is 2. The molecule has 170 valence electrons. The van der Waals surface area contributed by atoms with Gasteiger partial charge in [0.1, 0.15) is 6.17 Å². The minimum Gasteiger partial charge on any atom is -0.376 e. The van der Waals surface area contributed by atoms with E-state index in [1.165, 1.54) is 0 Å². The lowest BCUT2D eigenvalue weighted by Crippen LogP contribution is -2.46. The van der Waals surface area contributed by atoms with Gasteiger partial charge in [0.05, 0.1) is 23.0 Å². The molecule has 2 aromatic carbocycles. The summed E-state index contributed by atoms with van der Waals surface area (Å²) in [5.41, 5.74) is 5.15. The van der Waals surface area contributed by atoms with Crippen LogP contribution in [0, 0.1) is 0 Å². The normalized spacial score (nSPS) is 19.6. The van der Waals surface area contributed by atoms with E-state index in [1.54, 1.807) is 12.4 Å². The van der Waals surface area contributed by atoms with Gasteiger partial charge in [-0.15, -0.1) is 0 Å². The van der Waals surface area contributed by atoms with Gasteiger partial charge in [0.15, 0.2) is 0 Å². The fraction of sp³-hybridized carbons (Fsp3) is 0.222. The molecule has 1 N–H and O–H groups in total. The van der Waals surface area contributed by atoms with Crippen molar-refractivity contribution in [3.63, 3.8) is 0 Å². The van der Waals surface area contributed by atoms with Crippen molar-refractivity contribution >= 4 is 11.6 Å². The molecule has 0 aliphatic carbocycles. The third kappa shape index (κ3) is 3.74. The topological polar surface area (TPSA) is 72.3 Å². The van der Waals surface area contributed by atoms with Crippen LogP contribution in [-0.2, 0) is 4.74 Å². The van der Waals surface area contributed by atoms with Gasteiger partial charge in [0.2, 0.25) is 0 Å². The minimum absolute atomic E-state index is 0.00277. The lowest BCUT2D eigenvalue weighted by Gasteiger charge is -2.39. The van der Waals surface area contributed by atoms with E-state index < -0.39 is 0 Å². The smallest absolute Gasteiger partial charge is 0.257 e. The maximum Gasteiger partial charge on any atom is 0.257 e. The first kappa shape index (κ1) is 20.6. The molecule has 2 atom stereocenters. The van der Waals surface area contributed by atoms with Crippen LogP contribution in [0.15, 0.2) is 85.3 Å². The molecule has 1 amide bonds. The Kier molecular flexibility index (Phi) is 5.31. The van der Waals surface area contributed by atoms with Crippen molar-refractivity contribution in [2.24, 2.45) is 0 Å². The second-order valence-corrected chi connectivity index (χ2v) is 8.63. The van der Waals surface area contributed by atoms with E-state index in [-0.39, 0.29) is 18.2 Å². The fourth-order valence-electron chi connectivity index (χ4n) is 4.77. The Balaban J connectivity index is 1.49. The van der Waals surface area contributed by atoms with Crippen LogP contribution in [0.4, 0.5) is 5.69 Å². The summed E-state index contributed by atoms with van der Waals surface area (Å²) in [4.78, 5) is 19.8. The highest BCUT2D eigenvalue weighted by atomic mass is 16.5. The predicted octanol–water partition coefficient (Wildman–Crippen LogP) is 4.68. The monoisotopic (exact) mass is 451 g/mol. The largest absolute Gasteiger partial charge is 0.376 e. The zero-order chi connectivity index (χ0) is 22.9. The molecular weight excluding hydrogens is 426 g/mol. The molecule has 4 heterocycles. The average Bonchev–Trinajstić information content (AvgIpc) is 3.57. The summed E-state index contributed by atoms with van der Waals surface area (Å²) in [6.45, 7) is 1.27. The lowest BCUT2D eigenvalue weighted by molar-refractivity contribution is 0.0427. The van der Waals surface area contributed by atoms with E-state index in [1.807, 2.05) is 82.5 Å². The number of carbonyl (C=O) groups is 1. The maximum absolute atomic E-state index is 13.7. The molecule has 0 radical (unpaired) electrons. The number of fused-ring (bicyclic) bond motifs is 1. The summed E-state index contributed by atoms with van der Waals surface area (Å²) in [7, 11) is 0. The molecule has 2 aliphatic heterocycles. The second-order valence-electron chi connectivity index (χ2n) is 8.63. The quantitative estimate of drug-likeness (QED) is 0.477. The molecule has 7 nitrogen and oxygen atoms in total. The van der Waals surface area contributed by atoms with E-state index >= 15 is 0 Å². The Morgan fingerprint density at radius 3 is 2.59 bits per heavy atom. The number of nitrogens with one attached hydrogen (secondary N) is 1. The zero-order valence-electron chi connectivity index (χ0n) is 18.7. The third-order valence-electron chi connectivity index (χ3n) is 6.46. The predicted molar refractivity (Wildman–Crippen MR) is 130 cm³/mol. The van der Waals surface area contributed by atoms with Crippen LogP contribution < -0.4 is 5.32 Å². The Hall–Kier alpha value is -3.97. The van der Waals surface area contributed by atoms with Crippen LogP contribution in [-0.4, -0.2) is 44.8 Å². The number of rotatable bonds is 5. The SMILES string of the molecule is O=C1c2ccccc2N[C@@H](c2cn(-c3ccccc3)nc2-c2ccncc2)N1C[C@H]1CCCO1. The number of hydrogen-bond acceptors (Lipinski definition) is 5. The summed E-state index contributed by atoms with van der Waals surface area (Å²) < 4.78 is 7.79. The van der Waals surface area contributed by atoms with Crippen LogP contribution in [0.3, 0.4) is 0 Å². The van der Waals surface area contributed by atoms with Gasteiger partial charge >= 0.3 is 0 Å². The van der Waals surface area contributed by atoms with Gasteiger partial charge in [-0.3, -0.25) is 9.78 Å². The van der Waals surface area contributed by atoms with Gasteiger partial charge in [-0.05, 0) is 49.2 Å². The highest BCUT2D eigenvalue weighted by Crippen LogP contribution is 2.38. The summed E-state index contributed by atoms with van der Waals surface area (Å²) in [5, 5.41) is 8.58. The fourth-order valence-corrected chi connectivity index (χ4v) is 4.77. The number of ether oxygens (including phenoxy) is 1. The summed E-state index contributed by atoms with van der Waals surface area (Å²) in [6.07, 6.45) is 7.18. The van der Waals surface area contributed by atoms with Crippen LogP contribution in [0.1, 0.15) is 34.9 Å². The van der Waals surface area contributed by atoms with Gasteiger partial charge in [-0.25, -0.2) is 4.68 Å². The third-order valence-corrected chi connectivity index (χ3v) is 6.46. The minimum atomic E-state index is -0.382. The van der Waals surface area contributed by atoms with E-state index in [2.05, 4.69) is 10.3 Å². The standard InChI is InChI=1S/C27H25N5O2/c33-27-22-10-4-5-11-24(22)29-26(31(27)17-21-9-6-16-34-21)23-18-32(20-7-2-1-3-8-20)30-25(23)19-12-14-28-15-13-19/h1-5,7-8,10-15,18,21,26,29H,6,9,16-17H2/t21-,26-/m1/s1. The molecule has 0 bridgehead atoms. The van der Waals surface area contributed by atoms with E-state index in [9.17, 15) is 4.79 Å². The first-order valence-electron chi connectivity index (χ1n) is 11.6. The highest BCUT2D eigenvalue weighted by Gasteiger charge is 2.37. The van der Waals surface area contributed by atoms with Crippen LogP contribution in [0.25, 0.3) is 16.9 Å². The van der Waals surface area contributed by atoms with Crippen LogP contribution >= 0.6 is 0 Å². The van der Waals surface area contributed by atoms with Gasteiger partial charge in [0, 0.05) is 48.6 Å². The summed E-state index contributed by atoms with van der Waals surface area (Å²) in [6, 6.07) is 21.6. The van der Waals surface area contributed by atoms with E-state index in [0.717, 1.165) is 47.6 Å². The van der Waals surface area contributed by atoms with Gasteiger partial charge in [0.25, 0.3) is 5.91 Å². The summed E-state index contributed by atoms with van der Waals surface area (Å²) >= 11 is 0. The number of anilines is 1. The number of carbonyl (C=O) groups excluding carboxylic acids is 1. The van der Waals surface area contributed by atoms with Crippen LogP contribution in [0.5, 0.6) is 0 Å². The molecule has 34 heavy (non-hydrogen) atoms. The maximum atomic E-state index is 13.7. The lowest BCUT2D eigenvalue weighted by atomic mass is 10.0. The first-order valence-corrected chi connectivity index (χ1v) is 11.6. The number of hydrogen-bond donors (Lipinski definition) is 1. The molecule has 0 spiro atoms. The molecule has 1 saturated heterocycles. The van der Waals surface area contributed by atoms with Crippen molar-refractivity contribution in [3.05, 3.63) is 96.4 Å². The number of amides is 1. The Morgan fingerprint density at radius 1 is 1.00 bits per heavy atom. The Morgan fingerprint density at radius 2 is 1.79 bits per heavy atom. The van der Waals surface area contributed by atoms with Crippen molar-refractivity contribution in [1.82, 2.24) is 19.7 Å². The van der Waals surface area contributed by atoms with Crippen molar-refractivity contribution in [2.75, 3.05) is 18.5 Å². The van der Waals surface area contributed by atoms with Crippen molar-refractivity contribution < 1.29 is 9.53 Å². The molecule has 1 fully saturated rings. The van der Waals surface area contributed by atoms with Crippen molar-refractivity contribution in [1.29, 1.82) is 0 Å². The van der Waals surface area contributed by atoms with Crippen molar-refractivity contribution in [2.45, 2.75) is 25.1 Å². The van der Waals surface area contributed by atoms with E-state index in [4.69, 9.17) is 9.84 Å². The number of para-hydroxylation sites is 2. The molecule has 0 unspecified atom stereocenters. The van der Waals surface area contributed by atoms with Gasteiger partial charge < -0.3 is 15.0 Å². The molecule has 4 aromatic rings. The molecular formula is C27H25N5O2. The van der Waals surface area contributed by atoms with Gasteiger partial charge in [-0.2, -0.15) is 5.10 Å². The van der Waals surface area contributed by atoms with Gasteiger partial charge in [-0.1, -0.05) is 30.3 Å². The Bertz CT molecular complexity index is 1300. The Labute approximate surface area is 198 Å². The summed E-state index contributed by atoms with van der Waals surface area (Å²) in [5.74, 6) is 0.00277. The molecule has 2 aliphatic rings. The molecule has 0 saturated carbocycles. The molecule has 2 aromatic heterocycles. The van der Waals surface area contributed by atoms with E-state index in [0.29, 0.717) is 12.1 Å². The second kappa shape index (κ2) is 8.76. The van der Waals surface area contributed by atoms with Crippen LogP contribution in [0.2, 0.25) is 0 Å². The number of pyridine rings is 1. The number of aromatic nitrogens is 3. The van der Waals surface area contributed by atoms with Crippen molar-refractivity contribution in [3.8, 4) is 16.9 Å². The average molecular weight is 452 g/mol. The highest BCUT2D eigenvalue weighted by molar-refractivity contribution is 6.02. The molecule has 6 rings (SSSR count). The first-order chi connectivity index (χ1) is 16.8. The molecule has 7 heteroatoms.